The van der Waals surface area contributed by atoms with Gasteiger partial charge in [0, 0.05) is 13.1 Å². The lowest BCUT2D eigenvalue weighted by Crippen LogP contribution is -2.48. The first-order chi connectivity index (χ1) is 12.6. The van der Waals surface area contributed by atoms with Gasteiger partial charge in [-0.2, -0.15) is 13.2 Å². The van der Waals surface area contributed by atoms with Crippen LogP contribution in [0.2, 0.25) is 0 Å². The molecular weight excluding hydrogens is 359 g/mol. The molecule has 1 amide bonds. The maximum atomic E-state index is 13.5. The van der Waals surface area contributed by atoms with E-state index in [4.69, 9.17) is 4.74 Å². The van der Waals surface area contributed by atoms with E-state index in [2.05, 4.69) is 4.98 Å². The summed E-state index contributed by atoms with van der Waals surface area (Å²) in [4.78, 5) is 17.9. The van der Waals surface area contributed by atoms with Crippen molar-refractivity contribution in [3.05, 3.63) is 30.1 Å². The highest BCUT2D eigenvalue weighted by Gasteiger charge is 2.39. The topological polar surface area (TPSA) is 47.4 Å². The number of halogens is 3. The van der Waals surface area contributed by atoms with Crippen molar-refractivity contribution in [3.63, 3.8) is 0 Å². The van der Waals surface area contributed by atoms with Gasteiger partial charge in [-0.15, -0.1) is 0 Å². The molecule has 0 aliphatic carbocycles. The van der Waals surface area contributed by atoms with Gasteiger partial charge in [0.1, 0.15) is 5.60 Å². The quantitative estimate of drug-likeness (QED) is 0.745. The number of amides is 1. The zero-order valence-corrected chi connectivity index (χ0v) is 15.7. The van der Waals surface area contributed by atoms with Gasteiger partial charge in [0.25, 0.3) is 0 Å². The van der Waals surface area contributed by atoms with Crippen LogP contribution in [0.4, 0.5) is 18.0 Å². The third-order valence-corrected chi connectivity index (χ3v) is 4.56. The Labute approximate surface area is 156 Å². The van der Waals surface area contributed by atoms with Gasteiger partial charge in [0.15, 0.2) is 0 Å². The van der Waals surface area contributed by atoms with Gasteiger partial charge in [-0.25, -0.2) is 9.78 Å². The molecule has 1 fully saturated rings. The highest BCUT2D eigenvalue weighted by molar-refractivity contribution is 5.76. The number of nitrogens with zero attached hydrogens (tertiary/aromatic N) is 3. The Hall–Kier alpha value is -2.25. The van der Waals surface area contributed by atoms with Crippen LogP contribution in [0, 0.1) is 0 Å². The first-order valence-electron chi connectivity index (χ1n) is 9.08. The minimum atomic E-state index is -4.57. The molecule has 1 aromatic heterocycles. The second-order valence-electron chi connectivity index (χ2n) is 7.86. The highest BCUT2D eigenvalue weighted by atomic mass is 19.4. The van der Waals surface area contributed by atoms with E-state index in [0.29, 0.717) is 24.0 Å². The summed E-state index contributed by atoms with van der Waals surface area (Å²) in [6, 6.07) is 6.17. The van der Waals surface area contributed by atoms with Crippen molar-refractivity contribution in [2.75, 3.05) is 6.54 Å². The van der Waals surface area contributed by atoms with E-state index in [1.54, 1.807) is 49.9 Å². The van der Waals surface area contributed by atoms with Crippen molar-refractivity contribution in [2.45, 2.75) is 64.4 Å². The van der Waals surface area contributed by atoms with Crippen LogP contribution in [-0.4, -0.2) is 38.7 Å². The summed E-state index contributed by atoms with van der Waals surface area (Å²) < 4.78 is 47.2. The van der Waals surface area contributed by atoms with Crippen LogP contribution in [0.15, 0.2) is 24.3 Å². The Morgan fingerprint density at radius 3 is 2.59 bits per heavy atom. The molecule has 2 heterocycles. The average Bonchev–Trinajstić information content (AvgIpc) is 2.93. The predicted octanol–water partition coefficient (Wildman–Crippen LogP) is 4.84. The van der Waals surface area contributed by atoms with E-state index in [9.17, 15) is 18.0 Å². The van der Waals surface area contributed by atoms with E-state index >= 15 is 0 Å². The number of hydrogen-bond donors (Lipinski definition) is 0. The molecule has 0 spiro atoms. The van der Waals surface area contributed by atoms with Crippen LogP contribution in [0.1, 0.15) is 45.9 Å². The number of para-hydroxylation sites is 2. The second kappa shape index (κ2) is 7.05. The van der Waals surface area contributed by atoms with Gasteiger partial charge in [0.2, 0.25) is 5.82 Å². The van der Waals surface area contributed by atoms with Gasteiger partial charge >= 0.3 is 12.3 Å². The number of benzene rings is 1. The molecule has 1 unspecified atom stereocenters. The lowest BCUT2D eigenvalue weighted by Gasteiger charge is -2.37. The number of piperidine rings is 1. The summed E-state index contributed by atoms with van der Waals surface area (Å²) >= 11 is 0. The minimum absolute atomic E-state index is 0.0363. The molecule has 1 aliphatic heterocycles. The zero-order valence-electron chi connectivity index (χ0n) is 15.7. The van der Waals surface area contributed by atoms with Gasteiger partial charge in [0.05, 0.1) is 17.1 Å². The fraction of sp³-hybridized carbons (Fsp3) is 0.579. The maximum Gasteiger partial charge on any atom is 0.449 e. The molecule has 27 heavy (non-hydrogen) atoms. The molecule has 8 heteroatoms. The Kier molecular flexibility index (Phi) is 5.10. The van der Waals surface area contributed by atoms with Crippen LogP contribution in [0.5, 0.6) is 0 Å². The number of ether oxygens (including phenoxy) is 1. The van der Waals surface area contributed by atoms with Crippen LogP contribution in [-0.2, 0) is 17.5 Å². The van der Waals surface area contributed by atoms with Gasteiger partial charge in [-0.1, -0.05) is 12.1 Å². The molecule has 2 aromatic rings. The molecule has 0 saturated carbocycles. The number of imidazole rings is 1. The number of alkyl halides is 3. The number of likely N-dealkylation sites (tertiary alicyclic amines) is 1. The van der Waals surface area contributed by atoms with E-state index in [-0.39, 0.29) is 12.6 Å². The molecule has 1 saturated heterocycles. The number of rotatable bonds is 2. The number of fused-ring (bicyclic) bond motifs is 1. The first-order valence-corrected chi connectivity index (χ1v) is 9.08. The molecule has 0 bridgehead atoms. The molecule has 0 N–H and O–H groups in total. The summed E-state index contributed by atoms with van der Waals surface area (Å²) in [5.74, 6) is -0.932. The SMILES string of the molecule is CC(C)(C)OC(=O)N1CCCCC1Cn1c(C(F)(F)F)nc2ccccc21. The lowest BCUT2D eigenvalue weighted by molar-refractivity contribution is -0.147. The Morgan fingerprint density at radius 2 is 1.93 bits per heavy atom. The van der Waals surface area contributed by atoms with E-state index < -0.39 is 23.7 Å². The molecule has 1 aromatic carbocycles. The van der Waals surface area contributed by atoms with E-state index in [1.165, 1.54) is 4.57 Å². The third kappa shape index (κ3) is 4.36. The van der Waals surface area contributed by atoms with Crippen LogP contribution >= 0.6 is 0 Å². The minimum Gasteiger partial charge on any atom is -0.444 e. The average molecular weight is 383 g/mol. The summed E-state index contributed by atoms with van der Waals surface area (Å²) in [6.07, 6.45) is -2.75. The maximum absolute atomic E-state index is 13.5. The molecule has 1 atom stereocenters. The standard InChI is InChI=1S/C19H24F3N3O2/c1-18(2,3)27-17(26)24-11-7-6-8-13(24)12-25-15-10-5-4-9-14(15)23-16(25)19(20,21)22/h4-5,9-10,13H,6-8,11-12H2,1-3H3. The third-order valence-electron chi connectivity index (χ3n) is 4.56. The molecule has 3 rings (SSSR count). The van der Waals surface area contributed by atoms with E-state index in [0.717, 1.165) is 12.8 Å². The van der Waals surface area contributed by atoms with Crippen molar-refractivity contribution in [2.24, 2.45) is 0 Å². The fourth-order valence-corrected chi connectivity index (χ4v) is 3.44. The smallest absolute Gasteiger partial charge is 0.444 e. The number of hydrogen-bond acceptors (Lipinski definition) is 3. The molecule has 148 valence electrons. The summed E-state index contributed by atoms with van der Waals surface area (Å²) in [5, 5.41) is 0. The normalized spacial score (nSPS) is 18.7. The Balaban J connectivity index is 1.94. The second-order valence-corrected chi connectivity index (χ2v) is 7.86. The predicted molar refractivity (Wildman–Crippen MR) is 95.3 cm³/mol. The lowest BCUT2D eigenvalue weighted by atomic mass is 10.0. The van der Waals surface area contributed by atoms with Crippen molar-refractivity contribution in [3.8, 4) is 0 Å². The zero-order chi connectivity index (χ0) is 19.8. The largest absolute Gasteiger partial charge is 0.449 e. The Morgan fingerprint density at radius 1 is 1.22 bits per heavy atom. The van der Waals surface area contributed by atoms with Gasteiger partial charge in [-0.3, -0.25) is 0 Å². The molecular formula is C19H24F3N3O2. The molecule has 0 radical (unpaired) electrons. The van der Waals surface area contributed by atoms with Crippen LogP contribution in [0.25, 0.3) is 11.0 Å². The monoisotopic (exact) mass is 383 g/mol. The van der Waals surface area contributed by atoms with Crippen LogP contribution in [0.3, 0.4) is 0 Å². The molecule has 5 nitrogen and oxygen atoms in total. The van der Waals surface area contributed by atoms with Crippen molar-refractivity contribution >= 4 is 17.1 Å². The number of carbonyl (C=O) groups excluding carboxylic acids is 1. The fourth-order valence-electron chi connectivity index (χ4n) is 3.44. The summed E-state index contributed by atoms with van der Waals surface area (Å²) in [5.41, 5.74) is 0.0572. The first kappa shape index (κ1) is 19.5. The van der Waals surface area contributed by atoms with Crippen molar-refractivity contribution < 1.29 is 22.7 Å². The van der Waals surface area contributed by atoms with Gasteiger partial charge in [-0.05, 0) is 52.2 Å². The summed E-state index contributed by atoms with van der Waals surface area (Å²) in [7, 11) is 0. The van der Waals surface area contributed by atoms with Crippen molar-refractivity contribution in [1.29, 1.82) is 0 Å². The summed E-state index contributed by atoms with van der Waals surface area (Å²) in [6.45, 7) is 5.83. The number of carbonyl (C=O) groups is 1. The van der Waals surface area contributed by atoms with Gasteiger partial charge < -0.3 is 14.2 Å². The number of aromatic nitrogens is 2. The Bertz CT molecular complexity index is 824. The van der Waals surface area contributed by atoms with Crippen LogP contribution < -0.4 is 0 Å². The molecule has 1 aliphatic rings. The highest BCUT2D eigenvalue weighted by Crippen LogP contribution is 2.33. The van der Waals surface area contributed by atoms with Crippen molar-refractivity contribution in [1.82, 2.24) is 14.5 Å². The van der Waals surface area contributed by atoms with E-state index in [1.807, 2.05) is 0 Å².